The highest BCUT2D eigenvalue weighted by atomic mass is 35.5. The van der Waals surface area contributed by atoms with Crippen molar-refractivity contribution in [3.63, 3.8) is 0 Å². The van der Waals surface area contributed by atoms with E-state index in [0.29, 0.717) is 23.1 Å². The number of benzene rings is 1. The van der Waals surface area contributed by atoms with Crippen molar-refractivity contribution in [2.24, 2.45) is 0 Å². The van der Waals surface area contributed by atoms with Gasteiger partial charge >= 0.3 is 0 Å². The van der Waals surface area contributed by atoms with Gasteiger partial charge in [-0.25, -0.2) is 0 Å². The molecular weight excluding hydrogens is 309 g/mol. The van der Waals surface area contributed by atoms with Crippen LogP contribution in [-0.2, 0) is 11.3 Å². The lowest BCUT2D eigenvalue weighted by atomic mass is 10.1. The highest BCUT2D eigenvalue weighted by molar-refractivity contribution is 6.35. The smallest absolute Gasteiger partial charge is 0.278 e. The summed E-state index contributed by atoms with van der Waals surface area (Å²) in [5, 5.41) is 10.3. The van der Waals surface area contributed by atoms with Crippen molar-refractivity contribution in [3.05, 3.63) is 33.8 Å². The van der Waals surface area contributed by atoms with Gasteiger partial charge in [0, 0.05) is 17.6 Å². The summed E-state index contributed by atoms with van der Waals surface area (Å²) in [7, 11) is 3.56. The van der Waals surface area contributed by atoms with Crippen LogP contribution in [0.2, 0.25) is 10.0 Å². The molecule has 114 valence electrons. The van der Waals surface area contributed by atoms with Crippen LogP contribution >= 0.6 is 23.2 Å². The molecule has 0 bridgehead atoms. The van der Waals surface area contributed by atoms with Gasteiger partial charge < -0.3 is 9.80 Å². The third-order valence-electron chi connectivity index (χ3n) is 3.45. The first-order valence-electron chi connectivity index (χ1n) is 6.60. The predicted molar refractivity (Wildman–Crippen MR) is 84.4 cm³/mol. The van der Waals surface area contributed by atoms with E-state index in [4.69, 9.17) is 28.5 Å². The zero-order valence-corrected chi connectivity index (χ0v) is 14.2. The summed E-state index contributed by atoms with van der Waals surface area (Å²) in [5.41, 5.74) is 0.128. The summed E-state index contributed by atoms with van der Waals surface area (Å²) in [6.07, 6.45) is 0. The maximum atomic E-state index is 12.2. The molecule has 1 aromatic rings. The molecule has 6 heteroatoms. The first-order valence-corrected chi connectivity index (χ1v) is 7.36. The van der Waals surface area contributed by atoms with Gasteiger partial charge in [-0.15, -0.1) is 0 Å². The van der Waals surface area contributed by atoms with Crippen molar-refractivity contribution >= 4 is 29.1 Å². The average molecular weight is 329 g/mol. The monoisotopic (exact) mass is 328 g/mol. The molecule has 0 saturated heterocycles. The van der Waals surface area contributed by atoms with Crippen LogP contribution in [0, 0.1) is 11.3 Å². The van der Waals surface area contributed by atoms with Crippen LogP contribution in [0.25, 0.3) is 0 Å². The highest BCUT2D eigenvalue weighted by Crippen LogP contribution is 2.20. The summed E-state index contributed by atoms with van der Waals surface area (Å²) in [4.78, 5) is 14.7. The van der Waals surface area contributed by atoms with E-state index in [1.165, 1.54) is 4.90 Å². The second-order valence-corrected chi connectivity index (χ2v) is 6.51. The van der Waals surface area contributed by atoms with Gasteiger partial charge in [0.1, 0.15) is 12.1 Å². The third-order valence-corrected chi connectivity index (χ3v) is 4.03. The van der Waals surface area contributed by atoms with Crippen molar-refractivity contribution in [2.45, 2.75) is 25.9 Å². The maximum Gasteiger partial charge on any atom is 0.278 e. The molecule has 1 unspecified atom stereocenters. The summed E-state index contributed by atoms with van der Waals surface area (Å²) in [6, 6.07) is 7.46. The number of carbonyl (C=O) groups is 1. The standard InChI is InChI=1S/C15H19Cl2N3O/c1-15(2,10-18)20(4)14(21)9-19(3)8-11-5-6-12(16)7-13(11)17/h5-7H,8-9H2,1-4H3/p+1. The van der Waals surface area contributed by atoms with Crippen LogP contribution < -0.4 is 4.90 Å². The van der Waals surface area contributed by atoms with Crippen LogP contribution in [0.1, 0.15) is 19.4 Å². The zero-order chi connectivity index (χ0) is 16.2. The molecule has 4 nitrogen and oxygen atoms in total. The van der Waals surface area contributed by atoms with Crippen LogP contribution in [0.4, 0.5) is 0 Å². The zero-order valence-electron chi connectivity index (χ0n) is 12.7. The number of nitriles is 1. The summed E-state index contributed by atoms with van der Waals surface area (Å²) < 4.78 is 0. The Labute approximate surface area is 135 Å². The number of hydrogen-bond donors (Lipinski definition) is 1. The summed E-state index contributed by atoms with van der Waals surface area (Å²) >= 11 is 12.0. The average Bonchev–Trinajstić information content (AvgIpc) is 2.41. The Bertz CT molecular complexity index is 567. The lowest BCUT2D eigenvalue weighted by Crippen LogP contribution is -3.09. The van der Waals surface area contributed by atoms with Crippen molar-refractivity contribution in [1.29, 1.82) is 5.26 Å². The number of hydrogen-bond acceptors (Lipinski definition) is 2. The summed E-state index contributed by atoms with van der Waals surface area (Å²) in [5.74, 6) is -0.0795. The van der Waals surface area contributed by atoms with Crippen LogP contribution in [0.5, 0.6) is 0 Å². The minimum atomic E-state index is -0.810. The highest BCUT2D eigenvalue weighted by Gasteiger charge is 2.28. The molecule has 0 aliphatic heterocycles. The molecule has 1 amide bonds. The summed E-state index contributed by atoms with van der Waals surface area (Å²) in [6.45, 7) is 4.34. The number of nitrogens with zero attached hydrogens (tertiary/aromatic N) is 2. The molecule has 0 heterocycles. The molecule has 0 spiro atoms. The number of amides is 1. The van der Waals surface area contributed by atoms with E-state index in [1.807, 2.05) is 13.1 Å². The molecule has 1 atom stereocenters. The van der Waals surface area contributed by atoms with Gasteiger partial charge in [-0.2, -0.15) is 5.26 Å². The molecule has 1 aromatic carbocycles. The van der Waals surface area contributed by atoms with E-state index < -0.39 is 5.54 Å². The fourth-order valence-corrected chi connectivity index (χ4v) is 2.29. The van der Waals surface area contributed by atoms with E-state index in [0.717, 1.165) is 10.5 Å². The number of rotatable bonds is 5. The number of likely N-dealkylation sites (N-methyl/N-ethyl adjacent to an activating group) is 2. The molecule has 0 aliphatic rings. The van der Waals surface area contributed by atoms with Crippen molar-refractivity contribution < 1.29 is 9.69 Å². The largest absolute Gasteiger partial charge is 0.326 e. The lowest BCUT2D eigenvalue weighted by Gasteiger charge is -2.29. The van der Waals surface area contributed by atoms with Crippen LogP contribution in [0.3, 0.4) is 0 Å². The number of nitrogens with one attached hydrogen (secondary N) is 1. The Morgan fingerprint density at radius 3 is 2.57 bits per heavy atom. The Morgan fingerprint density at radius 2 is 2.05 bits per heavy atom. The Kier molecular flexibility index (Phi) is 6.03. The molecule has 0 aliphatic carbocycles. The maximum absolute atomic E-state index is 12.2. The van der Waals surface area contributed by atoms with Crippen molar-refractivity contribution in [2.75, 3.05) is 20.6 Å². The van der Waals surface area contributed by atoms with E-state index in [2.05, 4.69) is 6.07 Å². The second kappa shape index (κ2) is 7.13. The SMILES string of the molecule is CN(C(=O)C[NH+](C)Cc1ccc(Cl)cc1Cl)C(C)(C)C#N. The Balaban J connectivity index is 2.68. The van der Waals surface area contributed by atoms with Crippen molar-refractivity contribution in [3.8, 4) is 6.07 Å². The van der Waals surface area contributed by atoms with E-state index in [-0.39, 0.29) is 5.91 Å². The minimum absolute atomic E-state index is 0.0795. The number of halogens is 2. The molecule has 1 rings (SSSR count). The van der Waals surface area contributed by atoms with Gasteiger partial charge in [0.2, 0.25) is 0 Å². The van der Waals surface area contributed by atoms with Gasteiger partial charge in [-0.3, -0.25) is 4.79 Å². The van der Waals surface area contributed by atoms with Gasteiger partial charge in [0.15, 0.2) is 6.54 Å². The first kappa shape index (κ1) is 17.8. The quantitative estimate of drug-likeness (QED) is 0.895. The molecule has 0 aromatic heterocycles. The number of carbonyl (C=O) groups excluding carboxylic acids is 1. The molecule has 1 N–H and O–H groups in total. The minimum Gasteiger partial charge on any atom is -0.326 e. The molecular formula is C15H20Cl2N3O+. The van der Waals surface area contributed by atoms with Crippen molar-refractivity contribution in [1.82, 2.24) is 4.90 Å². The topological polar surface area (TPSA) is 48.5 Å². The molecule has 0 saturated carbocycles. The fraction of sp³-hybridized carbons (Fsp3) is 0.467. The normalized spacial score (nSPS) is 12.6. The molecule has 21 heavy (non-hydrogen) atoms. The predicted octanol–water partition coefficient (Wildman–Crippen LogP) is 1.77. The second-order valence-electron chi connectivity index (χ2n) is 5.67. The first-order chi connectivity index (χ1) is 9.67. The molecule has 0 radical (unpaired) electrons. The number of quaternary nitrogens is 1. The van der Waals surface area contributed by atoms with E-state index in [9.17, 15) is 4.79 Å². The fourth-order valence-electron chi connectivity index (χ4n) is 1.82. The van der Waals surface area contributed by atoms with Crippen LogP contribution in [-0.4, -0.2) is 37.0 Å². The van der Waals surface area contributed by atoms with Gasteiger partial charge in [0.05, 0.1) is 18.1 Å². The van der Waals surface area contributed by atoms with Gasteiger partial charge in [0.25, 0.3) is 5.91 Å². The lowest BCUT2D eigenvalue weighted by molar-refractivity contribution is -0.885. The Hall–Kier alpha value is -1.28. The van der Waals surface area contributed by atoms with E-state index >= 15 is 0 Å². The van der Waals surface area contributed by atoms with Gasteiger partial charge in [-0.1, -0.05) is 29.3 Å². The molecule has 0 fully saturated rings. The van der Waals surface area contributed by atoms with Crippen LogP contribution in [0.15, 0.2) is 18.2 Å². The third kappa shape index (κ3) is 4.89. The Morgan fingerprint density at radius 1 is 1.43 bits per heavy atom. The van der Waals surface area contributed by atoms with Gasteiger partial charge in [-0.05, 0) is 26.0 Å². The van der Waals surface area contributed by atoms with E-state index in [1.54, 1.807) is 33.0 Å².